The Balaban J connectivity index is 1.90. The van der Waals surface area contributed by atoms with E-state index in [-0.39, 0.29) is 12.3 Å². The summed E-state index contributed by atoms with van der Waals surface area (Å²) in [5.41, 5.74) is 0.542. The molecule has 1 aromatic rings. The van der Waals surface area contributed by atoms with Crippen LogP contribution in [0.3, 0.4) is 0 Å². The first kappa shape index (κ1) is 21.1. The van der Waals surface area contributed by atoms with E-state index < -0.39 is 12.0 Å². The molecule has 1 saturated heterocycles. The van der Waals surface area contributed by atoms with Crippen molar-refractivity contribution in [3.63, 3.8) is 0 Å². The smallest absolute Gasteiger partial charge is 0.321 e. The van der Waals surface area contributed by atoms with Crippen molar-refractivity contribution in [2.24, 2.45) is 0 Å². The molecule has 1 atom stereocenters. The molecule has 0 unspecified atom stereocenters. The zero-order valence-corrected chi connectivity index (χ0v) is 16.4. The number of aliphatic carboxylic acids is 1. The van der Waals surface area contributed by atoms with Gasteiger partial charge in [0.15, 0.2) is 5.11 Å². The molecular weight excluding hydrogens is 388 g/mol. The lowest BCUT2D eigenvalue weighted by molar-refractivity contribution is -0.145. The molecule has 1 aromatic carbocycles. The van der Waals surface area contributed by atoms with E-state index in [4.69, 9.17) is 23.8 Å². The lowest BCUT2D eigenvalue weighted by atomic mass is 10.1. The maximum absolute atomic E-state index is 12.3. The third kappa shape index (κ3) is 6.50. The first-order chi connectivity index (χ1) is 12.9. The Bertz CT molecular complexity index is 708. The highest BCUT2D eigenvalue weighted by molar-refractivity contribution is 7.80. The molecule has 1 aliphatic rings. The van der Waals surface area contributed by atoms with Crippen LogP contribution >= 0.6 is 23.8 Å². The van der Waals surface area contributed by atoms with Crippen molar-refractivity contribution in [2.45, 2.75) is 12.5 Å². The summed E-state index contributed by atoms with van der Waals surface area (Å²) in [6.07, 6.45) is 1.59. The monoisotopic (exact) mass is 410 g/mol. The van der Waals surface area contributed by atoms with Gasteiger partial charge in [0.1, 0.15) is 6.04 Å². The summed E-state index contributed by atoms with van der Waals surface area (Å²) in [4.78, 5) is 27.8. The number of halogens is 1. The Hall–Kier alpha value is -2.16. The zero-order chi connectivity index (χ0) is 19.8. The normalized spacial score (nSPS) is 15.7. The van der Waals surface area contributed by atoms with Crippen LogP contribution in [-0.2, 0) is 9.59 Å². The van der Waals surface area contributed by atoms with Gasteiger partial charge in [-0.15, -0.1) is 6.58 Å². The maximum atomic E-state index is 12.3. The second kappa shape index (κ2) is 10.2. The second-order valence-corrected chi connectivity index (χ2v) is 6.94. The zero-order valence-electron chi connectivity index (χ0n) is 14.9. The van der Waals surface area contributed by atoms with Crippen molar-refractivity contribution in [1.29, 1.82) is 0 Å². The second-order valence-electron chi connectivity index (χ2n) is 6.11. The van der Waals surface area contributed by atoms with Gasteiger partial charge >= 0.3 is 5.97 Å². The summed E-state index contributed by atoms with van der Waals surface area (Å²) in [5, 5.41) is 16.5. The summed E-state index contributed by atoms with van der Waals surface area (Å²) >= 11 is 11.2. The summed E-state index contributed by atoms with van der Waals surface area (Å²) in [7, 11) is 0. The summed E-state index contributed by atoms with van der Waals surface area (Å²) in [6.45, 7) is 6.44. The molecule has 1 fully saturated rings. The van der Waals surface area contributed by atoms with Crippen LogP contribution in [0.15, 0.2) is 36.9 Å². The summed E-state index contributed by atoms with van der Waals surface area (Å²) in [6, 6.07) is 5.85. The molecule has 0 aliphatic carbocycles. The minimum absolute atomic E-state index is 0.138. The number of amides is 1. The molecule has 0 radical (unpaired) electrons. The van der Waals surface area contributed by atoms with E-state index in [1.807, 2.05) is 4.90 Å². The number of thiocarbonyl (C=S) groups is 1. The number of carbonyl (C=O) groups is 2. The number of hydrogen-bond acceptors (Lipinski definition) is 4. The van der Waals surface area contributed by atoms with Gasteiger partial charge < -0.3 is 20.6 Å². The Morgan fingerprint density at radius 3 is 2.63 bits per heavy atom. The van der Waals surface area contributed by atoms with Crippen LogP contribution in [-0.4, -0.2) is 70.7 Å². The number of rotatable bonds is 7. The fraction of sp³-hybridized carbons (Fsp3) is 0.389. The standard InChI is InChI=1S/C18H23ClN4O3S/c1-2-6-20-18(27)23-9-7-22(8-10-23)15(17(25)26)12-16(24)21-14-5-3-4-13(19)11-14/h2-5,11,15H,1,6-10,12H2,(H,20,27)(H,21,24)(H,25,26)/t15-/m0/s1. The highest BCUT2D eigenvalue weighted by Crippen LogP contribution is 2.16. The summed E-state index contributed by atoms with van der Waals surface area (Å²) in [5.74, 6) is -1.38. The van der Waals surface area contributed by atoms with Crippen molar-refractivity contribution < 1.29 is 14.7 Å². The van der Waals surface area contributed by atoms with Crippen LogP contribution < -0.4 is 10.6 Å². The Kier molecular flexibility index (Phi) is 8.02. The van der Waals surface area contributed by atoms with Crippen molar-refractivity contribution in [3.05, 3.63) is 41.9 Å². The molecule has 3 N–H and O–H groups in total. The van der Waals surface area contributed by atoms with E-state index in [2.05, 4.69) is 17.2 Å². The highest BCUT2D eigenvalue weighted by Gasteiger charge is 2.31. The lowest BCUT2D eigenvalue weighted by Crippen LogP contribution is -2.56. The topological polar surface area (TPSA) is 84.9 Å². The van der Waals surface area contributed by atoms with Gasteiger partial charge in [-0.2, -0.15) is 0 Å². The third-order valence-electron chi connectivity index (χ3n) is 4.21. The van der Waals surface area contributed by atoms with Gasteiger partial charge in [0.25, 0.3) is 0 Å². The number of nitrogens with zero attached hydrogens (tertiary/aromatic N) is 2. The SMILES string of the molecule is C=CCNC(=S)N1CCN([C@@H](CC(=O)Nc2cccc(Cl)c2)C(=O)O)CC1. The van der Waals surface area contributed by atoms with Crippen molar-refractivity contribution >= 4 is 46.5 Å². The molecule has 1 aliphatic heterocycles. The number of hydrogen-bond donors (Lipinski definition) is 3. The molecule has 146 valence electrons. The number of nitrogens with one attached hydrogen (secondary N) is 2. The minimum Gasteiger partial charge on any atom is -0.480 e. The van der Waals surface area contributed by atoms with E-state index >= 15 is 0 Å². The molecule has 9 heteroatoms. The van der Waals surface area contributed by atoms with Gasteiger partial charge in [-0.3, -0.25) is 14.5 Å². The minimum atomic E-state index is -1.02. The molecule has 1 amide bonds. The van der Waals surface area contributed by atoms with Gasteiger partial charge in [0, 0.05) is 43.4 Å². The number of benzene rings is 1. The third-order valence-corrected chi connectivity index (χ3v) is 4.85. The van der Waals surface area contributed by atoms with Crippen molar-refractivity contribution in [2.75, 3.05) is 38.0 Å². The van der Waals surface area contributed by atoms with Crippen LogP contribution in [0, 0.1) is 0 Å². The van der Waals surface area contributed by atoms with Gasteiger partial charge in [0.2, 0.25) is 5.91 Å². The van der Waals surface area contributed by atoms with Crippen LogP contribution in [0.4, 0.5) is 5.69 Å². The molecule has 0 saturated carbocycles. The highest BCUT2D eigenvalue weighted by atomic mass is 35.5. The molecule has 2 rings (SSSR count). The lowest BCUT2D eigenvalue weighted by Gasteiger charge is -2.38. The fourth-order valence-corrected chi connectivity index (χ4v) is 3.29. The fourth-order valence-electron chi connectivity index (χ4n) is 2.83. The number of carboxylic acids is 1. The van der Waals surface area contributed by atoms with Crippen LogP contribution in [0.5, 0.6) is 0 Å². The number of anilines is 1. The Morgan fingerprint density at radius 2 is 2.04 bits per heavy atom. The molecule has 27 heavy (non-hydrogen) atoms. The molecular formula is C18H23ClN4O3S. The largest absolute Gasteiger partial charge is 0.480 e. The van der Waals surface area contributed by atoms with Gasteiger partial charge in [-0.1, -0.05) is 23.7 Å². The Morgan fingerprint density at radius 1 is 1.33 bits per heavy atom. The quantitative estimate of drug-likeness (QED) is 0.467. The van der Waals surface area contributed by atoms with E-state index in [0.717, 1.165) is 0 Å². The molecule has 0 bridgehead atoms. The molecule has 7 nitrogen and oxygen atoms in total. The molecule has 0 spiro atoms. The average molecular weight is 411 g/mol. The number of carbonyl (C=O) groups excluding carboxylic acids is 1. The van der Waals surface area contributed by atoms with Gasteiger partial charge in [0.05, 0.1) is 6.42 Å². The predicted molar refractivity (Wildman–Crippen MR) is 110 cm³/mol. The first-order valence-corrected chi connectivity index (χ1v) is 9.35. The van der Waals surface area contributed by atoms with Crippen LogP contribution in [0.25, 0.3) is 0 Å². The van der Waals surface area contributed by atoms with Gasteiger partial charge in [-0.25, -0.2) is 0 Å². The van der Waals surface area contributed by atoms with Crippen LogP contribution in [0.1, 0.15) is 6.42 Å². The average Bonchev–Trinajstić information content (AvgIpc) is 2.64. The van der Waals surface area contributed by atoms with Crippen molar-refractivity contribution in [1.82, 2.24) is 15.1 Å². The van der Waals surface area contributed by atoms with E-state index in [1.54, 1.807) is 35.2 Å². The predicted octanol–water partition coefficient (Wildman–Crippen LogP) is 1.80. The van der Waals surface area contributed by atoms with Gasteiger partial charge in [-0.05, 0) is 30.4 Å². The Labute approximate surface area is 169 Å². The first-order valence-electron chi connectivity index (χ1n) is 8.56. The number of piperazine rings is 1. The maximum Gasteiger partial charge on any atom is 0.321 e. The van der Waals surface area contributed by atoms with Crippen LogP contribution in [0.2, 0.25) is 5.02 Å². The van der Waals surface area contributed by atoms with E-state index in [1.165, 1.54) is 0 Å². The van der Waals surface area contributed by atoms with E-state index in [9.17, 15) is 14.7 Å². The summed E-state index contributed by atoms with van der Waals surface area (Å²) < 4.78 is 0. The molecule has 0 aromatic heterocycles. The molecule has 1 heterocycles. The number of carboxylic acid groups (broad SMARTS) is 1. The van der Waals surface area contributed by atoms with Crippen molar-refractivity contribution in [3.8, 4) is 0 Å². The van der Waals surface area contributed by atoms with E-state index in [0.29, 0.717) is 48.5 Å².